The number of nitrogens with zero attached hydrogens (tertiary/aromatic N) is 5. The Bertz CT molecular complexity index is 1370. The van der Waals surface area contributed by atoms with E-state index in [9.17, 15) is 10.2 Å². The van der Waals surface area contributed by atoms with E-state index in [4.69, 9.17) is 15.7 Å². The summed E-state index contributed by atoms with van der Waals surface area (Å²) in [4.78, 5) is 16.8. The topological polar surface area (TPSA) is 137 Å². The normalized spacial score (nSPS) is 23.3. The van der Waals surface area contributed by atoms with Gasteiger partial charge in [-0.05, 0) is 43.5 Å². The molecule has 3 heterocycles. The first-order chi connectivity index (χ1) is 20.1. The summed E-state index contributed by atoms with van der Waals surface area (Å²) >= 11 is 0. The smallest absolute Gasteiger partial charge is 0.226 e. The number of fused-ring (bicyclic) bond motifs is 1. The van der Waals surface area contributed by atoms with Crippen LogP contribution < -0.4 is 16.4 Å². The van der Waals surface area contributed by atoms with Gasteiger partial charge in [0.05, 0.1) is 18.5 Å². The van der Waals surface area contributed by atoms with Crippen molar-refractivity contribution < 1.29 is 10.2 Å². The minimum absolute atomic E-state index is 0.102. The number of aromatic nitrogens is 4. The molecule has 0 bridgehead atoms. The molecule has 10 heteroatoms. The number of anilines is 2. The SMILES string of the molecule is N[C@H]1C[C@@H](n2cnc3c(NCC(c4ccccc4)c4ccccc4)nc(NCCN4CCCCC4)nc32)[C@H](O)[C@@H]1O. The zero-order chi connectivity index (χ0) is 28.2. The third kappa shape index (κ3) is 6.06. The van der Waals surface area contributed by atoms with E-state index in [0.717, 1.165) is 26.2 Å². The van der Waals surface area contributed by atoms with Crippen LogP contribution in [0.5, 0.6) is 0 Å². The van der Waals surface area contributed by atoms with Crippen molar-refractivity contribution in [3.63, 3.8) is 0 Å². The Kier molecular flexibility index (Phi) is 8.43. The van der Waals surface area contributed by atoms with E-state index in [-0.39, 0.29) is 5.92 Å². The molecule has 4 aromatic rings. The molecule has 6 N–H and O–H groups in total. The Labute approximate surface area is 240 Å². The number of piperidine rings is 1. The van der Waals surface area contributed by atoms with Crippen LogP contribution in [0.25, 0.3) is 11.2 Å². The lowest BCUT2D eigenvalue weighted by Gasteiger charge is -2.26. The highest BCUT2D eigenvalue weighted by Crippen LogP contribution is 2.34. The van der Waals surface area contributed by atoms with Crippen LogP contribution in [0.3, 0.4) is 0 Å². The first kappa shape index (κ1) is 27.6. The maximum Gasteiger partial charge on any atom is 0.226 e. The van der Waals surface area contributed by atoms with Crippen molar-refractivity contribution in [2.45, 2.75) is 55.9 Å². The van der Waals surface area contributed by atoms with Gasteiger partial charge in [0, 0.05) is 31.6 Å². The first-order valence-corrected chi connectivity index (χ1v) is 14.7. The van der Waals surface area contributed by atoms with Gasteiger partial charge in [0.25, 0.3) is 0 Å². The van der Waals surface area contributed by atoms with Crippen molar-refractivity contribution in [3.8, 4) is 0 Å². The van der Waals surface area contributed by atoms with E-state index in [1.54, 1.807) is 6.33 Å². The maximum atomic E-state index is 10.8. The van der Waals surface area contributed by atoms with Gasteiger partial charge in [-0.1, -0.05) is 67.1 Å². The Balaban J connectivity index is 1.30. The van der Waals surface area contributed by atoms with Crippen molar-refractivity contribution in [2.75, 3.05) is 43.4 Å². The largest absolute Gasteiger partial charge is 0.389 e. The van der Waals surface area contributed by atoms with E-state index in [0.29, 0.717) is 35.9 Å². The van der Waals surface area contributed by atoms with Crippen LogP contribution in [0.1, 0.15) is 48.8 Å². The second-order valence-electron chi connectivity index (χ2n) is 11.3. The van der Waals surface area contributed by atoms with Gasteiger partial charge in [0.1, 0.15) is 6.10 Å². The zero-order valence-electron chi connectivity index (χ0n) is 23.3. The fourth-order valence-corrected chi connectivity index (χ4v) is 6.18. The Morgan fingerprint density at radius 2 is 1.56 bits per heavy atom. The van der Waals surface area contributed by atoms with Gasteiger partial charge in [-0.25, -0.2) is 4.98 Å². The summed E-state index contributed by atoms with van der Waals surface area (Å²) in [6.45, 7) is 4.52. The molecule has 10 nitrogen and oxygen atoms in total. The van der Waals surface area contributed by atoms with E-state index in [1.807, 2.05) is 16.7 Å². The summed E-state index contributed by atoms with van der Waals surface area (Å²) < 4.78 is 1.84. The average molecular weight is 557 g/mol. The van der Waals surface area contributed by atoms with Gasteiger partial charge in [-0.3, -0.25) is 0 Å². The van der Waals surface area contributed by atoms with Gasteiger partial charge in [0.15, 0.2) is 17.0 Å². The maximum absolute atomic E-state index is 10.8. The summed E-state index contributed by atoms with van der Waals surface area (Å²) in [5.74, 6) is 1.24. The second kappa shape index (κ2) is 12.5. The lowest BCUT2D eigenvalue weighted by Crippen LogP contribution is -2.35. The fraction of sp³-hybridized carbons (Fsp3) is 0.452. The van der Waals surface area contributed by atoms with Gasteiger partial charge >= 0.3 is 0 Å². The van der Waals surface area contributed by atoms with Crippen LogP contribution in [0, 0.1) is 0 Å². The number of hydrogen-bond acceptors (Lipinski definition) is 9. The molecule has 0 amide bonds. The van der Waals surface area contributed by atoms with Crippen molar-refractivity contribution >= 4 is 22.9 Å². The molecular weight excluding hydrogens is 516 g/mol. The van der Waals surface area contributed by atoms with Gasteiger partial charge in [0.2, 0.25) is 5.95 Å². The highest BCUT2D eigenvalue weighted by atomic mass is 16.3. The number of hydrogen-bond donors (Lipinski definition) is 5. The van der Waals surface area contributed by atoms with Gasteiger partial charge < -0.3 is 36.0 Å². The Morgan fingerprint density at radius 1 is 0.878 bits per heavy atom. The standard InChI is InChI=1S/C31H40N8O2/c32-24-18-25(28(41)27(24)40)39-20-35-26-29(36-31(37-30(26)39)33-14-17-38-15-8-3-9-16-38)34-19-23(21-10-4-1-5-11-21)22-12-6-2-7-13-22/h1-2,4-7,10-13,20,23-25,27-28,40-41H,3,8-9,14-19,32H2,(H2,33,34,36,37)/t24-,25+,27+,28-/m0/s1. The summed E-state index contributed by atoms with van der Waals surface area (Å²) in [7, 11) is 0. The average Bonchev–Trinajstić information content (AvgIpc) is 3.55. The quantitative estimate of drug-likeness (QED) is 0.200. The highest BCUT2D eigenvalue weighted by molar-refractivity contribution is 5.84. The summed E-state index contributed by atoms with van der Waals surface area (Å²) in [5, 5.41) is 28.1. The third-order valence-corrected chi connectivity index (χ3v) is 8.51. The van der Waals surface area contributed by atoms with Gasteiger partial charge in [-0.2, -0.15) is 9.97 Å². The zero-order valence-corrected chi connectivity index (χ0v) is 23.3. The minimum atomic E-state index is -0.996. The molecule has 0 spiro atoms. The predicted molar refractivity (Wildman–Crippen MR) is 161 cm³/mol. The van der Waals surface area contributed by atoms with Crippen molar-refractivity contribution in [2.24, 2.45) is 5.73 Å². The Morgan fingerprint density at radius 3 is 2.20 bits per heavy atom. The lowest BCUT2D eigenvalue weighted by atomic mass is 9.91. The molecule has 2 aromatic carbocycles. The van der Waals surface area contributed by atoms with E-state index >= 15 is 0 Å². The Hall–Kier alpha value is -3.57. The number of nitrogens with one attached hydrogen (secondary N) is 2. The van der Waals surface area contributed by atoms with Crippen molar-refractivity contribution in [3.05, 3.63) is 78.1 Å². The molecule has 1 aliphatic carbocycles. The second-order valence-corrected chi connectivity index (χ2v) is 11.3. The molecule has 1 aliphatic heterocycles. The number of nitrogens with two attached hydrogens (primary N) is 1. The van der Waals surface area contributed by atoms with Crippen LogP contribution >= 0.6 is 0 Å². The molecule has 0 radical (unpaired) electrons. The number of aliphatic hydroxyl groups is 2. The lowest BCUT2D eigenvalue weighted by molar-refractivity contribution is 0.0187. The minimum Gasteiger partial charge on any atom is -0.389 e. The van der Waals surface area contributed by atoms with Crippen molar-refractivity contribution in [1.82, 2.24) is 24.4 Å². The molecule has 0 unspecified atom stereocenters. The van der Waals surface area contributed by atoms with Crippen LogP contribution in [0.2, 0.25) is 0 Å². The van der Waals surface area contributed by atoms with Crippen LogP contribution in [0.4, 0.5) is 11.8 Å². The van der Waals surface area contributed by atoms with E-state index in [2.05, 4.69) is 69.0 Å². The van der Waals surface area contributed by atoms with Gasteiger partial charge in [-0.15, -0.1) is 0 Å². The molecule has 2 fully saturated rings. The number of rotatable bonds is 10. The number of benzene rings is 2. The number of aliphatic hydroxyl groups excluding tert-OH is 2. The molecular formula is C31H40N8O2. The fourth-order valence-electron chi connectivity index (χ4n) is 6.18. The predicted octanol–water partition coefficient (Wildman–Crippen LogP) is 2.96. The summed E-state index contributed by atoms with van der Waals surface area (Å²) in [5.41, 5.74) is 9.73. The number of imidazole rings is 1. The summed E-state index contributed by atoms with van der Waals surface area (Å²) in [6.07, 6.45) is 3.92. The van der Waals surface area contributed by atoms with Crippen LogP contribution in [-0.4, -0.2) is 85.6 Å². The number of likely N-dealkylation sites (tertiary alicyclic amines) is 1. The molecule has 4 atom stereocenters. The first-order valence-electron chi connectivity index (χ1n) is 14.7. The molecule has 41 heavy (non-hydrogen) atoms. The van der Waals surface area contributed by atoms with E-state index < -0.39 is 24.3 Å². The molecule has 216 valence electrons. The van der Waals surface area contributed by atoms with Crippen molar-refractivity contribution in [1.29, 1.82) is 0 Å². The molecule has 1 saturated carbocycles. The molecule has 6 rings (SSSR count). The van der Waals surface area contributed by atoms with Crippen LogP contribution in [0.15, 0.2) is 67.0 Å². The highest BCUT2D eigenvalue weighted by Gasteiger charge is 2.41. The molecule has 2 aliphatic rings. The summed E-state index contributed by atoms with van der Waals surface area (Å²) in [6, 6.07) is 20.0. The third-order valence-electron chi connectivity index (χ3n) is 8.51. The molecule has 2 aromatic heterocycles. The molecule has 1 saturated heterocycles. The van der Waals surface area contributed by atoms with E-state index in [1.165, 1.54) is 30.4 Å². The van der Waals surface area contributed by atoms with Crippen LogP contribution in [-0.2, 0) is 0 Å². The monoisotopic (exact) mass is 556 g/mol.